The van der Waals surface area contributed by atoms with Crippen molar-refractivity contribution in [2.45, 2.75) is 6.92 Å². The van der Waals surface area contributed by atoms with Crippen molar-refractivity contribution in [3.8, 4) is 17.7 Å². The third-order valence-electron chi connectivity index (χ3n) is 2.61. The molecule has 1 heterocycles. The Morgan fingerprint density at radius 2 is 2.20 bits per heavy atom. The van der Waals surface area contributed by atoms with Crippen LogP contribution in [-0.2, 0) is 0 Å². The highest BCUT2D eigenvalue weighted by Gasteiger charge is 2.16. The van der Waals surface area contributed by atoms with Gasteiger partial charge in [0.2, 0.25) is 5.88 Å². The maximum atomic E-state index is 11.2. The molecule has 1 aromatic heterocycles. The summed E-state index contributed by atoms with van der Waals surface area (Å²) in [5.41, 5.74) is 0.867. The number of rotatable bonds is 3. The topological polar surface area (TPSA) is 83.2 Å². The number of aromatic nitrogens is 1. The number of hydrogen-bond donors (Lipinski definition) is 1. The zero-order valence-corrected chi connectivity index (χ0v) is 11.2. The molecule has 0 bridgehead atoms. The van der Waals surface area contributed by atoms with Gasteiger partial charge in [0.25, 0.3) is 0 Å². The second-order valence-corrected chi connectivity index (χ2v) is 4.40. The van der Waals surface area contributed by atoms with Gasteiger partial charge >= 0.3 is 5.97 Å². The van der Waals surface area contributed by atoms with Crippen molar-refractivity contribution in [3.63, 3.8) is 0 Å². The van der Waals surface area contributed by atoms with Crippen LogP contribution in [0.1, 0.15) is 21.5 Å². The number of carboxylic acids is 1. The average Bonchev–Trinajstić information content (AvgIpc) is 2.41. The summed E-state index contributed by atoms with van der Waals surface area (Å²) < 4.78 is 5.46. The van der Waals surface area contributed by atoms with E-state index in [1.807, 2.05) is 6.07 Å². The first-order valence-electron chi connectivity index (χ1n) is 5.59. The third-order valence-corrected chi connectivity index (χ3v) is 2.85. The lowest BCUT2D eigenvalue weighted by atomic mass is 10.1. The minimum atomic E-state index is -1.17. The van der Waals surface area contributed by atoms with E-state index in [1.54, 1.807) is 13.0 Å². The largest absolute Gasteiger partial charge is 0.478 e. The molecule has 0 saturated heterocycles. The molecule has 1 aromatic carbocycles. The monoisotopic (exact) mass is 288 g/mol. The molecule has 0 atom stereocenters. The first-order valence-corrected chi connectivity index (χ1v) is 5.97. The molecule has 0 radical (unpaired) electrons. The van der Waals surface area contributed by atoms with Crippen LogP contribution in [0, 0.1) is 18.3 Å². The molecule has 20 heavy (non-hydrogen) atoms. The molecule has 1 N–H and O–H groups in total. The fraction of sp³-hybridized carbons (Fsp3) is 0.0714. The number of aromatic carboxylic acids is 1. The molecule has 0 unspecified atom stereocenters. The Balaban J connectivity index is 2.49. The summed E-state index contributed by atoms with van der Waals surface area (Å²) >= 11 is 5.76. The van der Waals surface area contributed by atoms with Crippen LogP contribution in [-0.4, -0.2) is 16.1 Å². The Morgan fingerprint density at radius 1 is 1.45 bits per heavy atom. The van der Waals surface area contributed by atoms with Crippen molar-refractivity contribution in [1.29, 1.82) is 5.26 Å². The summed E-state index contributed by atoms with van der Waals surface area (Å²) in [6.07, 6.45) is 1.49. The molecule has 2 aromatic rings. The normalized spacial score (nSPS) is 9.85. The standard InChI is InChI=1S/C14H9ClN2O3/c1-8-4-5-17-13(11(8)7-16)20-12-3-2-9(15)6-10(12)14(18)19/h2-6H,1H3,(H,18,19). The number of hydrogen-bond acceptors (Lipinski definition) is 4. The predicted molar refractivity (Wildman–Crippen MR) is 72.2 cm³/mol. The fourth-order valence-corrected chi connectivity index (χ4v) is 1.78. The van der Waals surface area contributed by atoms with Crippen LogP contribution in [0.3, 0.4) is 0 Å². The summed E-state index contributed by atoms with van der Waals surface area (Å²) in [4.78, 5) is 15.1. The van der Waals surface area contributed by atoms with Gasteiger partial charge in [-0.15, -0.1) is 0 Å². The number of ether oxygens (including phenoxy) is 1. The molecule has 0 aliphatic rings. The zero-order chi connectivity index (χ0) is 14.7. The Bertz CT molecular complexity index is 723. The molecule has 0 saturated carbocycles. The number of aryl methyl sites for hydroxylation is 1. The van der Waals surface area contributed by atoms with Crippen LogP contribution >= 0.6 is 11.6 Å². The van der Waals surface area contributed by atoms with Gasteiger partial charge in [-0.25, -0.2) is 9.78 Å². The van der Waals surface area contributed by atoms with E-state index in [0.29, 0.717) is 5.56 Å². The van der Waals surface area contributed by atoms with Crippen LogP contribution in [0.2, 0.25) is 5.02 Å². The Hall–Kier alpha value is -2.58. The van der Waals surface area contributed by atoms with Crippen LogP contribution < -0.4 is 4.74 Å². The van der Waals surface area contributed by atoms with Crippen molar-refractivity contribution in [2.24, 2.45) is 0 Å². The van der Waals surface area contributed by atoms with Gasteiger partial charge in [-0.1, -0.05) is 11.6 Å². The molecule has 5 nitrogen and oxygen atoms in total. The average molecular weight is 289 g/mol. The van der Waals surface area contributed by atoms with Gasteiger partial charge in [0.05, 0.1) is 0 Å². The van der Waals surface area contributed by atoms with E-state index in [0.717, 1.165) is 0 Å². The number of carbonyl (C=O) groups is 1. The lowest BCUT2D eigenvalue weighted by Crippen LogP contribution is -2.02. The minimum absolute atomic E-state index is 0.0670. The predicted octanol–water partition coefficient (Wildman–Crippen LogP) is 3.41. The van der Waals surface area contributed by atoms with E-state index < -0.39 is 5.97 Å². The maximum absolute atomic E-state index is 11.2. The summed E-state index contributed by atoms with van der Waals surface area (Å²) in [6.45, 7) is 1.74. The highest BCUT2D eigenvalue weighted by Crippen LogP contribution is 2.29. The van der Waals surface area contributed by atoms with Gasteiger partial charge in [0.1, 0.15) is 22.9 Å². The van der Waals surface area contributed by atoms with Gasteiger partial charge in [-0.05, 0) is 36.8 Å². The highest BCUT2D eigenvalue weighted by molar-refractivity contribution is 6.31. The summed E-state index contributed by atoms with van der Waals surface area (Å²) in [5, 5.41) is 18.5. The lowest BCUT2D eigenvalue weighted by Gasteiger charge is -2.10. The molecular formula is C14H9ClN2O3. The van der Waals surface area contributed by atoms with Crippen molar-refractivity contribution < 1.29 is 14.6 Å². The van der Waals surface area contributed by atoms with Crippen molar-refractivity contribution in [3.05, 3.63) is 52.2 Å². The van der Waals surface area contributed by atoms with Gasteiger partial charge in [-0.2, -0.15) is 5.26 Å². The zero-order valence-electron chi connectivity index (χ0n) is 10.4. The molecule has 0 amide bonds. The van der Waals surface area contributed by atoms with Crippen LogP contribution in [0.25, 0.3) is 0 Å². The molecule has 0 aliphatic carbocycles. The highest BCUT2D eigenvalue weighted by atomic mass is 35.5. The number of benzene rings is 1. The number of carboxylic acid groups (broad SMARTS) is 1. The molecule has 2 rings (SSSR count). The first-order chi connectivity index (χ1) is 9.52. The number of halogens is 1. The second kappa shape index (κ2) is 5.59. The number of nitrogens with zero attached hydrogens (tertiary/aromatic N) is 2. The lowest BCUT2D eigenvalue weighted by molar-refractivity contribution is 0.0694. The van der Waals surface area contributed by atoms with Crippen LogP contribution in [0.15, 0.2) is 30.5 Å². The molecular weight excluding hydrogens is 280 g/mol. The van der Waals surface area contributed by atoms with Crippen molar-refractivity contribution >= 4 is 17.6 Å². The van der Waals surface area contributed by atoms with E-state index in [4.69, 9.17) is 26.7 Å². The molecule has 6 heteroatoms. The summed E-state index contributed by atoms with van der Waals surface area (Å²) in [6, 6.07) is 7.87. The molecule has 0 spiro atoms. The van der Waals surface area contributed by atoms with Gasteiger partial charge < -0.3 is 9.84 Å². The van der Waals surface area contributed by atoms with Crippen LogP contribution in [0.4, 0.5) is 0 Å². The molecule has 0 fully saturated rings. The smallest absolute Gasteiger partial charge is 0.339 e. The van der Waals surface area contributed by atoms with Gasteiger partial charge in [0.15, 0.2) is 0 Å². The summed E-state index contributed by atoms with van der Waals surface area (Å²) in [7, 11) is 0. The van der Waals surface area contributed by atoms with Crippen molar-refractivity contribution in [1.82, 2.24) is 4.98 Å². The van der Waals surface area contributed by atoms with E-state index >= 15 is 0 Å². The summed E-state index contributed by atoms with van der Waals surface area (Å²) in [5.74, 6) is -1.03. The quantitative estimate of drug-likeness (QED) is 0.935. The van der Waals surface area contributed by atoms with E-state index in [2.05, 4.69) is 4.98 Å². The SMILES string of the molecule is Cc1ccnc(Oc2ccc(Cl)cc2C(=O)O)c1C#N. The minimum Gasteiger partial charge on any atom is -0.478 e. The van der Waals surface area contributed by atoms with E-state index in [-0.39, 0.29) is 27.8 Å². The second-order valence-electron chi connectivity index (χ2n) is 3.97. The molecule has 100 valence electrons. The third kappa shape index (κ3) is 2.71. The van der Waals surface area contributed by atoms with E-state index in [1.165, 1.54) is 24.4 Å². The van der Waals surface area contributed by atoms with Crippen molar-refractivity contribution in [2.75, 3.05) is 0 Å². The number of nitriles is 1. The van der Waals surface area contributed by atoms with Gasteiger partial charge in [0, 0.05) is 11.2 Å². The fourth-order valence-electron chi connectivity index (χ4n) is 1.61. The van der Waals surface area contributed by atoms with Crippen LogP contribution in [0.5, 0.6) is 11.6 Å². The Labute approximate surface area is 120 Å². The van der Waals surface area contributed by atoms with E-state index in [9.17, 15) is 4.79 Å². The Morgan fingerprint density at radius 3 is 2.85 bits per heavy atom. The first kappa shape index (κ1) is 13.8. The number of pyridine rings is 1. The molecule has 0 aliphatic heterocycles. The van der Waals surface area contributed by atoms with Gasteiger partial charge in [-0.3, -0.25) is 0 Å². The maximum Gasteiger partial charge on any atom is 0.339 e. The Kier molecular flexibility index (Phi) is 3.87.